The Bertz CT molecular complexity index is 1040. The molecule has 0 radical (unpaired) electrons. The first-order valence-corrected chi connectivity index (χ1v) is 14.3. The van der Waals surface area contributed by atoms with E-state index in [1.807, 2.05) is 25.1 Å². The Morgan fingerprint density at radius 3 is 2.41 bits per heavy atom. The van der Waals surface area contributed by atoms with Crippen LogP contribution in [0.5, 0.6) is 11.5 Å². The maximum absolute atomic E-state index is 13.3. The van der Waals surface area contributed by atoms with Crippen molar-refractivity contribution in [1.29, 1.82) is 0 Å². The van der Waals surface area contributed by atoms with Crippen LogP contribution in [0.3, 0.4) is 0 Å². The van der Waals surface area contributed by atoms with Crippen molar-refractivity contribution >= 4 is 11.9 Å². The first-order chi connectivity index (χ1) is 17.6. The predicted octanol–water partition coefficient (Wildman–Crippen LogP) is 5.88. The first-order valence-electron chi connectivity index (χ1n) is 14.3. The SMILES string of the molecule is COc1ccc(C(C)C(=O)OC(C)[C@H]2CC[C@H]3[C@@H]4CC[C@H]5NC(=O)CC[C@]5(C)[C@H]4CC[C@]23C)cc1OC. The summed E-state index contributed by atoms with van der Waals surface area (Å²) in [5, 5.41) is 3.34. The summed E-state index contributed by atoms with van der Waals surface area (Å²) in [5.74, 6) is 3.43. The minimum atomic E-state index is -0.375. The molecule has 5 rings (SSSR count). The van der Waals surface area contributed by atoms with Gasteiger partial charge in [-0.15, -0.1) is 0 Å². The number of ether oxygens (including phenoxy) is 3. The minimum absolute atomic E-state index is 0.109. The topological polar surface area (TPSA) is 73.9 Å². The fraction of sp³-hybridized carbons (Fsp3) is 0.742. The highest BCUT2D eigenvalue weighted by Crippen LogP contribution is 2.66. The summed E-state index contributed by atoms with van der Waals surface area (Å²) < 4.78 is 17.0. The van der Waals surface area contributed by atoms with E-state index >= 15 is 0 Å². The van der Waals surface area contributed by atoms with Gasteiger partial charge in [-0.25, -0.2) is 0 Å². The normalized spacial score (nSPS) is 38.3. The lowest BCUT2D eigenvalue weighted by Crippen LogP contribution is -2.61. The fourth-order valence-electron chi connectivity index (χ4n) is 9.14. The molecule has 37 heavy (non-hydrogen) atoms. The summed E-state index contributed by atoms with van der Waals surface area (Å²) in [6.07, 6.45) is 8.67. The largest absolute Gasteiger partial charge is 0.493 e. The highest BCUT2D eigenvalue weighted by atomic mass is 16.5. The van der Waals surface area contributed by atoms with Gasteiger partial charge in [0, 0.05) is 18.4 Å². The molecule has 1 N–H and O–H groups in total. The Morgan fingerprint density at radius 1 is 0.946 bits per heavy atom. The van der Waals surface area contributed by atoms with Gasteiger partial charge in [0.1, 0.15) is 6.10 Å². The fourth-order valence-corrected chi connectivity index (χ4v) is 9.14. The van der Waals surface area contributed by atoms with E-state index in [1.54, 1.807) is 14.2 Å². The van der Waals surface area contributed by atoms with E-state index in [0.717, 1.165) is 24.8 Å². The van der Waals surface area contributed by atoms with Gasteiger partial charge in [-0.1, -0.05) is 19.9 Å². The van der Waals surface area contributed by atoms with Gasteiger partial charge in [-0.05, 0) is 105 Å². The number of fused-ring (bicyclic) bond motifs is 5. The van der Waals surface area contributed by atoms with E-state index < -0.39 is 0 Å². The lowest BCUT2D eigenvalue weighted by molar-refractivity contribution is -0.158. The smallest absolute Gasteiger partial charge is 0.313 e. The Balaban J connectivity index is 1.27. The van der Waals surface area contributed by atoms with Crippen molar-refractivity contribution in [2.75, 3.05) is 14.2 Å². The van der Waals surface area contributed by atoms with Gasteiger partial charge in [0.25, 0.3) is 0 Å². The highest BCUT2D eigenvalue weighted by molar-refractivity contribution is 5.78. The molecule has 1 amide bonds. The summed E-state index contributed by atoms with van der Waals surface area (Å²) in [6.45, 7) is 8.94. The van der Waals surface area contributed by atoms with E-state index in [4.69, 9.17) is 14.2 Å². The molecule has 6 nitrogen and oxygen atoms in total. The summed E-state index contributed by atoms with van der Waals surface area (Å²) in [5.41, 5.74) is 1.30. The van der Waals surface area contributed by atoms with Gasteiger partial charge in [-0.3, -0.25) is 9.59 Å². The van der Waals surface area contributed by atoms with Gasteiger partial charge < -0.3 is 19.5 Å². The molecular formula is C31H45NO5. The Morgan fingerprint density at radius 2 is 1.68 bits per heavy atom. The molecule has 1 aromatic carbocycles. The maximum Gasteiger partial charge on any atom is 0.313 e. The molecule has 4 fully saturated rings. The molecular weight excluding hydrogens is 466 g/mol. The molecule has 1 saturated heterocycles. The van der Waals surface area contributed by atoms with Crippen LogP contribution >= 0.6 is 0 Å². The molecule has 9 atom stereocenters. The van der Waals surface area contributed by atoms with Crippen molar-refractivity contribution in [3.05, 3.63) is 23.8 Å². The third-order valence-corrected chi connectivity index (χ3v) is 11.3. The van der Waals surface area contributed by atoms with Crippen molar-refractivity contribution in [2.24, 2.45) is 34.5 Å². The molecule has 0 aromatic heterocycles. The number of carbonyl (C=O) groups excluding carboxylic acids is 2. The number of rotatable bonds is 6. The van der Waals surface area contributed by atoms with Crippen LogP contribution in [0, 0.1) is 34.5 Å². The molecule has 1 aromatic rings. The van der Waals surface area contributed by atoms with Crippen molar-refractivity contribution in [1.82, 2.24) is 5.32 Å². The van der Waals surface area contributed by atoms with Crippen molar-refractivity contribution < 1.29 is 23.8 Å². The molecule has 0 bridgehead atoms. The zero-order valence-corrected chi connectivity index (χ0v) is 23.5. The van der Waals surface area contributed by atoms with Gasteiger partial charge >= 0.3 is 5.97 Å². The highest BCUT2D eigenvalue weighted by Gasteiger charge is 2.61. The van der Waals surface area contributed by atoms with Crippen LogP contribution in [0.25, 0.3) is 0 Å². The summed E-state index contributed by atoms with van der Waals surface area (Å²) >= 11 is 0. The number of hydrogen-bond acceptors (Lipinski definition) is 5. The minimum Gasteiger partial charge on any atom is -0.493 e. The lowest BCUT2D eigenvalue weighted by atomic mass is 9.47. The first kappa shape index (κ1) is 26.4. The summed E-state index contributed by atoms with van der Waals surface area (Å²) in [6, 6.07) is 5.97. The number of esters is 1. The van der Waals surface area contributed by atoms with Gasteiger partial charge in [0.15, 0.2) is 11.5 Å². The van der Waals surface area contributed by atoms with Crippen molar-refractivity contribution in [2.45, 2.75) is 97.1 Å². The van der Waals surface area contributed by atoms with E-state index in [2.05, 4.69) is 26.1 Å². The summed E-state index contributed by atoms with van der Waals surface area (Å²) in [4.78, 5) is 25.3. The van der Waals surface area contributed by atoms with Crippen LogP contribution in [0.1, 0.15) is 90.5 Å². The second kappa shape index (κ2) is 9.81. The van der Waals surface area contributed by atoms with Gasteiger partial charge in [0.2, 0.25) is 5.91 Å². The lowest BCUT2D eigenvalue weighted by Gasteiger charge is -2.60. The second-order valence-electron chi connectivity index (χ2n) is 12.8. The Kier molecular flexibility index (Phi) is 6.99. The number of piperidine rings is 1. The number of amides is 1. The number of nitrogens with one attached hydrogen (secondary N) is 1. The number of methoxy groups -OCH3 is 2. The molecule has 204 valence electrons. The van der Waals surface area contributed by atoms with Crippen LogP contribution in [0.15, 0.2) is 18.2 Å². The van der Waals surface area contributed by atoms with E-state index in [-0.39, 0.29) is 34.7 Å². The Labute approximate surface area is 222 Å². The van der Waals surface area contributed by atoms with E-state index in [9.17, 15) is 9.59 Å². The number of carbonyl (C=O) groups is 2. The summed E-state index contributed by atoms with van der Waals surface area (Å²) in [7, 11) is 3.22. The van der Waals surface area contributed by atoms with Crippen molar-refractivity contribution in [3.63, 3.8) is 0 Å². The third kappa shape index (κ3) is 4.32. The molecule has 3 aliphatic carbocycles. The second-order valence-corrected chi connectivity index (χ2v) is 12.8. The quantitative estimate of drug-likeness (QED) is 0.483. The van der Waals surface area contributed by atoms with Crippen LogP contribution < -0.4 is 14.8 Å². The molecule has 6 heteroatoms. The molecule has 0 spiro atoms. The zero-order chi connectivity index (χ0) is 26.5. The standard InChI is InChI=1S/C31H45NO5/c1-18(20-7-11-25(35-5)26(17-20)36-6)29(34)37-19(2)22-9-10-23-21-8-12-27-31(4,16-14-28(33)32-27)24(21)13-15-30(22,23)3/h7,11,17-19,21-24,27H,8-10,12-16H2,1-6H3,(H,32,33)/t18?,19?,21-,22+,23-,24-,27+,30+,31+/m0/s1. The maximum atomic E-state index is 13.3. The molecule has 4 aliphatic rings. The van der Waals surface area contributed by atoms with E-state index in [1.165, 1.54) is 25.7 Å². The number of hydrogen-bond donors (Lipinski definition) is 1. The zero-order valence-electron chi connectivity index (χ0n) is 23.5. The molecule has 2 unspecified atom stereocenters. The average Bonchev–Trinajstić information content (AvgIpc) is 3.25. The number of benzene rings is 1. The van der Waals surface area contributed by atoms with Crippen LogP contribution in [-0.4, -0.2) is 38.2 Å². The average molecular weight is 512 g/mol. The van der Waals surface area contributed by atoms with Crippen LogP contribution in [-0.2, 0) is 14.3 Å². The van der Waals surface area contributed by atoms with Crippen LogP contribution in [0.4, 0.5) is 0 Å². The van der Waals surface area contributed by atoms with Gasteiger partial charge in [0.05, 0.1) is 20.1 Å². The molecule has 1 heterocycles. The molecule has 3 saturated carbocycles. The van der Waals surface area contributed by atoms with E-state index in [0.29, 0.717) is 47.6 Å². The Hall–Kier alpha value is -2.24. The van der Waals surface area contributed by atoms with Gasteiger partial charge in [-0.2, -0.15) is 0 Å². The third-order valence-electron chi connectivity index (χ3n) is 11.3. The molecule has 1 aliphatic heterocycles. The van der Waals surface area contributed by atoms with Crippen molar-refractivity contribution in [3.8, 4) is 11.5 Å². The predicted molar refractivity (Wildman–Crippen MR) is 143 cm³/mol. The van der Waals surface area contributed by atoms with Crippen LogP contribution in [0.2, 0.25) is 0 Å². The monoisotopic (exact) mass is 511 g/mol.